The second-order valence-corrected chi connectivity index (χ2v) is 7.09. The van der Waals surface area contributed by atoms with Crippen molar-refractivity contribution in [2.24, 2.45) is 5.92 Å². The van der Waals surface area contributed by atoms with E-state index in [9.17, 15) is 14.0 Å². The fraction of sp³-hybridized carbons (Fsp3) is 0.450. The van der Waals surface area contributed by atoms with E-state index in [-0.39, 0.29) is 34.8 Å². The first kappa shape index (κ1) is 20.6. The van der Waals surface area contributed by atoms with E-state index in [0.29, 0.717) is 37.4 Å². The van der Waals surface area contributed by atoms with Gasteiger partial charge in [-0.15, -0.1) is 0 Å². The van der Waals surface area contributed by atoms with Crippen molar-refractivity contribution in [1.29, 1.82) is 0 Å². The summed E-state index contributed by atoms with van der Waals surface area (Å²) in [5.74, 6) is -0.435. The van der Waals surface area contributed by atoms with Crippen molar-refractivity contribution in [3.05, 3.63) is 29.6 Å². The molecule has 1 N–H and O–H groups in total. The predicted molar refractivity (Wildman–Crippen MR) is 105 cm³/mol. The summed E-state index contributed by atoms with van der Waals surface area (Å²) in [6, 6.07) is 4.23. The van der Waals surface area contributed by atoms with Crippen molar-refractivity contribution in [3.63, 3.8) is 0 Å². The van der Waals surface area contributed by atoms with Crippen LogP contribution in [0.4, 0.5) is 10.2 Å². The topological polar surface area (TPSA) is 87.9 Å². The smallest absolute Gasteiger partial charge is 0.261 e. The molecule has 3 rings (SSSR count). The SMILES string of the molecule is CCNC(=O)C1CCN(C(=O)c2c(N(C)C)noc2-c2ccc(F)c(OC)c2)C1. The molecule has 156 valence electrons. The van der Waals surface area contributed by atoms with Crippen LogP contribution in [0.2, 0.25) is 0 Å². The molecule has 2 aromatic rings. The molecule has 29 heavy (non-hydrogen) atoms. The lowest BCUT2D eigenvalue weighted by molar-refractivity contribution is -0.124. The highest BCUT2D eigenvalue weighted by molar-refractivity contribution is 6.04. The van der Waals surface area contributed by atoms with Crippen molar-refractivity contribution in [1.82, 2.24) is 15.4 Å². The molecule has 1 atom stereocenters. The predicted octanol–water partition coefficient (Wildman–Crippen LogP) is 2.15. The van der Waals surface area contributed by atoms with Crippen LogP contribution in [0.1, 0.15) is 23.7 Å². The number of methoxy groups -OCH3 is 1. The fourth-order valence-corrected chi connectivity index (χ4v) is 3.41. The van der Waals surface area contributed by atoms with Gasteiger partial charge < -0.3 is 24.4 Å². The molecule has 2 amide bonds. The van der Waals surface area contributed by atoms with Gasteiger partial charge in [0, 0.05) is 39.3 Å². The lowest BCUT2D eigenvalue weighted by Crippen LogP contribution is -2.35. The molecule has 9 heteroatoms. The molecule has 2 heterocycles. The van der Waals surface area contributed by atoms with Crippen LogP contribution in [-0.2, 0) is 4.79 Å². The summed E-state index contributed by atoms with van der Waals surface area (Å²) in [6.07, 6.45) is 0.597. The maximum absolute atomic E-state index is 13.8. The molecule has 0 spiro atoms. The van der Waals surface area contributed by atoms with E-state index in [1.54, 1.807) is 23.9 Å². The van der Waals surface area contributed by atoms with Gasteiger partial charge in [0.1, 0.15) is 5.56 Å². The van der Waals surface area contributed by atoms with E-state index in [4.69, 9.17) is 9.26 Å². The Morgan fingerprint density at radius 2 is 2.17 bits per heavy atom. The minimum Gasteiger partial charge on any atom is -0.494 e. The Kier molecular flexibility index (Phi) is 6.05. The first-order chi connectivity index (χ1) is 13.9. The van der Waals surface area contributed by atoms with Crippen LogP contribution < -0.4 is 15.0 Å². The van der Waals surface area contributed by atoms with Crippen LogP contribution in [0.25, 0.3) is 11.3 Å². The number of nitrogens with one attached hydrogen (secondary N) is 1. The zero-order chi connectivity index (χ0) is 21.1. The van der Waals surface area contributed by atoms with E-state index in [2.05, 4.69) is 10.5 Å². The minimum absolute atomic E-state index is 0.0428. The number of halogens is 1. The van der Waals surface area contributed by atoms with Gasteiger partial charge >= 0.3 is 0 Å². The Labute approximate surface area is 168 Å². The number of amides is 2. The third kappa shape index (κ3) is 4.03. The summed E-state index contributed by atoms with van der Waals surface area (Å²) in [6.45, 7) is 3.20. The zero-order valence-corrected chi connectivity index (χ0v) is 17.0. The Bertz CT molecular complexity index is 912. The van der Waals surface area contributed by atoms with E-state index < -0.39 is 5.82 Å². The van der Waals surface area contributed by atoms with E-state index in [1.165, 1.54) is 25.3 Å². The summed E-state index contributed by atoms with van der Waals surface area (Å²) in [5, 5.41) is 6.84. The summed E-state index contributed by atoms with van der Waals surface area (Å²) in [7, 11) is 4.88. The maximum Gasteiger partial charge on any atom is 0.261 e. The van der Waals surface area contributed by atoms with Crippen LogP contribution in [0.15, 0.2) is 22.7 Å². The van der Waals surface area contributed by atoms with Crippen LogP contribution in [-0.4, -0.2) is 62.7 Å². The fourth-order valence-electron chi connectivity index (χ4n) is 3.41. The number of hydrogen-bond donors (Lipinski definition) is 1. The number of nitrogens with zero attached hydrogens (tertiary/aromatic N) is 3. The molecule has 1 aliphatic heterocycles. The number of anilines is 1. The molecule has 0 radical (unpaired) electrons. The van der Waals surface area contributed by atoms with Crippen molar-refractivity contribution >= 4 is 17.6 Å². The van der Waals surface area contributed by atoms with Crippen molar-refractivity contribution in [2.45, 2.75) is 13.3 Å². The largest absolute Gasteiger partial charge is 0.494 e. The van der Waals surface area contributed by atoms with Crippen LogP contribution in [0.3, 0.4) is 0 Å². The minimum atomic E-state index is -0.513. The van der Waals surface area contributed by atoms with E-state index >= 15 is 0 Å². The molecule has 8 nitrogen and oxygen atoms in total. The Balaban J connectivity index is 1.95. The lowest BCUT2D eigenvalue weighted by atomic mass is 10.1. The third-order valence-corrected chi connectivity index (χ3v) is 4.92. The Morgan fingerprint density at radius 1 is 1.41 bits per heavy atom. The summed E-state index contributed by atoms with van der Waals surface area (Å²) >= 11 is 0. The Hall–Kier alpha value is -3.10. The number of ether oxygens (including phenoxy) is 1. The van der Waals surface area contributed by atoms with Gasteiger partial charge in [-0.3, -0.25) is 9.59 Å². The van der Waals surface area contributed by atoms with Crippen LogP contribution in [0.5, 0.6) is 5.75 Å². The highest BCUT2D eigenvalue weighted by Crippen LogP contribution is 2.35. The number of rotatable bonds is 6. The monoisotopic (exact) mass is 404 g/mol. The van der Waals surface area contributed by atoms with Gasteiger partial charge in [-0.2, -0.15) is 0 Å². The van der Waals surface area contributed by atoms with Crippen LogP contribution >= 0.6 is 0 Å². The number of hydrogen-bond acceptors (Lipinski definition) is 6. The van der Waals surface area contributed by atoms with E-state index in [0.717, 1.165) is 0 Å². The molecule has 1 saturated heterocycles. The standard InChI is InChI=1S/C20H25FN4O4/c1-5-22-19(26)13-8-9-25(11-13)20(27)16-17(29-23-18(16)24(2)3)12-6-7-14(21)15(10-12)28-4/h6-7,10,13H,5,8-9,11H2,1-4H3,(H,22,26). The molecule has 1 aromatic carbocycles. The van der Waals surface area contributed by atoms with Gasteiger partial charge in [-0.05, 0) is 31.5 Å². The molecule has 1 fully saturated rings. The number of benzene rings is 1. The van der Waals surface area contributed by atoms with Gasteiger partial charge in [0.05, 0.1) is 13.0 Å². The number of aromatic nitrogens is 1. The first-order valence-corrected chi connectivity index (χ1v) is 9.45. The zero-order valence-electron chi connectivity index (χ0n) is 17.0. The molecule has 0 bridgehead atoms. The normalized spacial score (nSPS) is 16.0. The van der Waals surface area contributed by atoms with Gasteiger partial charge in [0.2, 0.25) is 5.91 Å². The number of likely N-dealkylation sites (tertiary alicyclic amines) is 1. The molecule has 0 aliphatic carbocycles. The van der Waals surface area contributed by atoms with E-state index in [1.807, 2.05) is 6.92 Å². The second kappa shape index (κ2) is 8.50. The Morgan fingerprint density at radius 3 is 2.83 bits per heavy atom. The highest BCUT2D eigenvalue weighted by atomic mass is 19.1. The van der Waals surface area contributed by atoms with Crippen molar-refractivity contribution in [3.8, 4) is 17.1 Å². The molecular formula is C20H25FN4O4. The first-order valence-electron chi connectivity index (χ1n) is 9.45. The molecule has 0 saturated carbocycles. The summed E-state index contributed by atoms with van der Waals surface area (Å²) < 4.78 is 24.3. The molecule has 1 aliphatic rings. The summed E-state index contributed by atoms with van der Waals surface area (Å²) in [5.41, 5.74) is 0.756. The molecular weight excluding hydrogens is 379 g/mol. The summed E-state index contributed by atoms with van der Waals surface area (Å²) in [4.78, 5) is 28.8. The van der Waals surface area contributed by atoms with Crippen molar-refractivity contribution in [2.75, 3.05) is 45.7 Å². The average molecular weight is 404 g/mol. The van der Waals surface area contributed by atoms with Gasteiger partial charge in [0.15, 0.2) is 23.1 Å². The van der Waals surface area contributed by atoms with Gasteiger partial charge in [0.25, 0.3) is 5.91 Å². The van der Waals surface area contributed by atoms with Gasteiger partial charge in [-0.25, -0.2) is 4.39 Å². The molecule has 1 aromatic heterocycles. The third-order valence-electron chi connectivity index (χ3n) is 4.92. The number of carbonyl (C=O) groups excluding carboxylic acids is 2. The second-order valence-electron chi connectivity index (χ2n) is 7.09. The van der Waals surface area contributed by atoms with Crippen LogP contribution in [0, 0.1) is 11.7 Å². The number of carbonyl (C=O) groups is 2. The highest BCUT2D eigenvalue weighted by Gasteiger charge is 2.35. The quantitative estimate of drug-likeness (QED) is 0.794. The average Bonchev–Trinajstić information content (AvgIpc) is 3.36. The molecule has 1 unspecified atom stereocenters. The van der Waals surface area contributed by atoms with Crippen molar-refractivity contribution < 1.29 is 23.2 Å². The maximum atomic E-state index is 13.8. The lowest BCUT2D eigenvalue weighted by Gasteiger charge is -2.18. The van der Waals surface area contributed by atoms with Gasteiger partial charge in [-0.1, -0.05) is 5.16 Å².